The Morgan fingerprint density at radius 3 is 2.87 bits per heavy atom. The molecule has 0 spiro atoms. The van der Waals surface area contributed by atoms with E-state index in [1.165, 1.54) is 0 Å². The molecule has 0 saturated carbocycles. The normalized spacial score (nSPS) is 10.6. The van der Waals surface area contributed by atoms with Crippen molar-refractivity contribution in [3.63, 3.8) is 0 Å². The van der Waals surface area contributed by atoms with E-state index >= 15 is 0 Å². The summed E-state index contributed by atoms with van der Waals surface area (Å²) in [5, 5.41) is 3.59. The van der Waals surface area contributed by atoms with Crippen LogP contribution in [-0.4, -0.2) is 17.9 Å². The Morgan fingerprint density at radius 1 is 1.47 bits per heavy atom. The lowest BCUT2D eigenvalue weighted by Gasteiger charge is -1.99. The second-order valence-electron chi connectivity index (χ2n) is 3.39. The molecule has 2 N–H and O–H groups in total. The van der Waals surface area contributed by atoms with Crippen LogP contribution in [0.25, 0.3) is 10.9 Å². The van der Waals surface area contributed by atoms with Crippen LogP contribution in [0.1, 0.15) is 16.1 Å². The van der Waals surface area contributed by atoms with Gasteiger partial charge < -0.3 is 10.3 Å². The van der Waals surface area contributed by atoms with Crippen LogP contribution in [0.4, 0.5) is 0 Å². The Labute approximate surface area is 96.0 Å². The topological polar surface area (TPSA) is 44.9 Å². The van der Waals surface area contributed by atoms with Gasteiger partial charge in [-0.05, 0) is 25.1 Å². The van der Waals surface area contributed by atoms with E-state index in [9.17, 15) is 4.79 Å². The van der Waals surface area contributed by atoms with Gasteiger partial charge in [0.15, 0.2) is 0 Å². The summed E-state index contributed by atoms with van der Waals surface area (Å²) in [5.74, 6) is -0.0585. The van der Waals surface area contributed by atoms with E-state index < -0.39 is 0 Å². The van der Waals surface area contributed by atoms with Crippen molar-refractivity contribution in [2.45, 2.75) is 6.92 Å². The number of benzene rings is 1. The van der Waals surface area contributed by atoms with Crippen LogP contribution < -0.4 is 5.32 Å². The minimum atomic E-state index is -0.0585. The lowest BCUT2D eigenvalue weighted by Crippen LogP contribution is -2.18. The maximum absolute atomic E-state index is 11.7. The third-order valence-electron chi connectivity index (χ3n) is 2.40. The molecule has 4 heteroatoms. The van der Waals surface area contributed by atoms with Crippen LogP contribution in [-0.2, 0) is 0 Å². The number of hydrogen-bond acceptors (Lipinski definition) is 1. The molecule has 15 heavy (non-hydrogen) atoms. The molecule has 1 aromatic heterocycles. The average molecular weight is 267 g/mol. The summed E-state index contributed by atoms with van der Waals surface area (Å²) in [6.07, 6.45) is 0. The highest BCUT2D eigenvalue weighted by molar-refractivity contribution is 9.10. The van der Waals surface area contributed by atoms with Crippen LogP contribution in [0.15, 0.2) is 22.7 Å². The van der Waals surface area contributed by atoms with E-state index in [1.54, 1.807) is 7.05 Å². The Morgan fingerprint density at radius 2 is 2.20 bits per heavy atom. The Hall–Kier alpha value is -1.29. The third kappa shape index (κ3) is 1.65. The summed E-state index contributed by atoms with van der Waals surface area (Å²) >= 11 is 3.40. The molecule has 0 fully saturated rings. The molecule has 0 aliphatic carbocycles. The molecule has 0 atom stereocenters. The van der Waals surface area contributed by atoms with Crippen molar-refractivity contribution in [3.05, 3.63) is 33.9 Å². The van der Waals surface area contributed by atoms with Crippen LogP contribution in [0, 0.1) is 6.92 Å². The number of aromatic nitrogens is 1. The van der Waals surface area contributed by atoms with Gasteiger partial charge in [-0.1, -0.05) is 15.9 Å². The summed E-state index contributed by atoms with van der Waals surface area (Å²) in [4.78, 5) is 14.9. The first-order valence-electron chi connectivity index (χ1n) is 4.63. The molecular weight excluding hydrogens is 256 g/mol. The first-order valence-corrected chi connectivity index (χ1v) is 5.42. The van der Waals surface area contributed by atoms with Gasteiger partial charge in [0.25, 0.3) is 5.91 Å². The van der Waals surface area contributed by atoms with Gasteiger partial charge in [0.1, 0.15) is 0 Å². The highest BCUT2D eigenvalue weighted by Crippen LogP contribution is 2.25. The molecular formula is C11H11BrN2O. The smallest absolute Gasteiger partial charge is 0.253 e. The molecule has 2 aromatic rings. The van der Waals surface area contributed by atoms with E-state index in [0.29, 0.717) is 5.56 Å². The maximum Gasteiger partial charge on any atom is 0.253 e. The monoisotopic (exact) mass is 266 g/mol. The molecule has 1 amide bonds. The van der Waals surface area contributed by atoms with Gasteiger partial charge in [-0.3, -0.25) is 4.79 Å². The molecule has 0 radical (unpaired) electrons. The average Bonchev–Trinajstić information content (AvgIpc) is 2.52. The molecule has 0 bridgehead atoms. The van der Waals surface area contributed by atoms with Gasteiger partial charge in [-0.25, -0.2) is 0 Å². The molecule has 78 valence electrons. The number of aromatic amines is 1. The number of hydrogen-bond donors (Lipinski definition) is 2. The number of carbonyl (C=O) groups excluding carboxylic acids is 1. The molecule has 0 aliphatic heterocycles. The van der Waals surface area contributed by atoms with Gasteiger partial charge >= 0.3 is 0 Å². The van der Waals surface area contributed by atoms with Crippen molar-refractivity contribution in [1.82, 2.24) is 10.3 Å². The number of halogens is 1. The van der Waals surface area contributed by atoms with Crippen molar-refractivity contribution in [3.8, 4) is 0 Å². The molecule has 0 unspecified atom stereocenters. The minimum absolute atomic E-state index is 0.0585. The number of H-pyrrole nitrogens is 1. The lowest BCUT2D eigenvalue weighted by atomic mass is 10.1. The zero-order chi connectivity index (χ0) is 11.0. The van der Waals surface area contributed by atoms with Gasteiger partial charge in [0.05, 0.1) is 5.56 Å². The third-order valence-corrected chi connectivity index (χ3v) is 2.90. The summed E-state index contributed by atoms with van der Waals surface area (Å²) in [6.45, 7) is 1.90. The summed E-state index contributed by atoms with van der Waals surface area (Å²) in [7, 11) is 1.64. The Kier molecular flexibility index (Phi) is 2.52. The van der Waals surface area contributed by atoms with Crippen LogP contribution in [0.3, 0.4) is 0 Å². The minimum Gasteiger partial charge on any atom is -0.358 e. The van der Waals surface area contributed by atoms with Gasteiger partial charge in [0.2, 0.25) is 0 Å². The van der Waals surface area contributed by atoms with E-state index in [4.69, 9.17) is 0 Å². The standard InChI is InChI=1S/C11H11BrN2O/c1-6-10(11(15)13-2)8-5-7(12)3-4-9(8)14-6/h3-5,14H,1-2H3,(H,13,15). The summed E-state index contributed by atoms with van der Waals surface area (Å²) in [6, 6.07) is 5.86. The number of rotatable bonds is 1. The fraction of sp³-hybridized carbons (Fsp3) is 0.182. The first kappa shape index (κ1) is 10.2. The molecule has 1 heterocycles. The van der Waals surface area contributed by atoms with E-state index in [2.05, 4.69) is 26.2 Å². The number of fused-ring (bicyclic) bond motifs is 1. The van der Waals surface area contributed by atoms with Gasteiger partial charge in [-0.2, -0.15) is 0 Å². The maximum atomic E-state index is 11.7. The SMILES string of the molecule is CNC(=O)c1c(C)[nH]c2ccc(Br)cc12. The van der Waals surface area contributed by atoms with Crippen molar-refractivity contribution < 1.29 is 4.79 Å². The zero-order valence-electron chi connectivity index (χ0n) is 8.52. The number of aryl methyl sites for hydroxylation is 1. The van der Waals surface area contributed by atoms with Gasteiger partial charge in [0, 0.05) is 28.1 Å². The summed E-state index contributed by atoms with van der Waals surface area (Å²) < 4.78 is 0.971. The van der Waals surface area contributed by atoms with E-state index in [0.717, 1.165) is 21.1 Å². The first-order chi connectivity index (χ1) is 7.13. The van der Waals surface area contributed by atoms with Crippen molar-refractivity contribution >= 4 is 32.7 Å². The summed E-state index contributed by atoms with van der Waals surface area (Å²) in [5.41, 5.74) is 2.59. The number of amides is 1. The van der Waals surface area contributed by atoms with E-state index in [-0.39, 0.29) is 5.91 Å². The predicted molar refractivity (Wildman–Crippen MR) is 64.1 cm³/mol. The second kappa shape index (κ2) is 3.70. The largest absolute Gasteiger partial charge is 0.358 e. The van der Waals surface area contributed by atoms with Gasteiger partial charge in [-0.15, -0.1) is 0 Å². The molecule has 3 nitrogen and oxygen atoms in total. The van der Waals surface area contributed by atoms with E-state index in [1.807, 2.05) is 25.1 Å². The quantitative estimate of drug-likeness (QED) is 0.819. The van der Waals surface area contributed by atoms with Crippen molar-refractivity contribution in [1.29, 1.82) is 0 Å². The molecule has 1 aromatic carbocycles. The molecule has 0 aliphatic rings. The molecule has 2 rings (SSSR count). The lowest BCUT2D eigenvalue weighted by molar-refractivity contribution is 0.0964. The highest BCUT2D eigenvalue weighted by Gasteiger charge is 2.14. The predicted octanol–water partition coefficient (Wildman–Crippen LogP) is 2.60. The number of nitrogens with one attached hydrogen (secondary N) is 2. The Balaban J connectivity index is 2.76. The fourth-order valence-electron chi connectivity index (χ4n) is 1.72. The van der Waals surface area contributed by atoms with Crippen molar-refractivity contribution in [2.75, 3.05) is 7.05 Å². The van der Waals surface area contributed by atoms with Crippen LogP contribution in [0.5, 0.6) is 0 Å². The zero-order valence-corrected chi connectivity index (χ0v) is 10.1. The Bertz CT molecular complexity index is 531. The second-order valence-corrected chi connectivity index (χ2v) is 4.31. The van der Waals surface area contributed by atoms with Crippen LogP contribution in [0.2, 0.25) is 0 Å². The number of carbonyl (C=O) groups is 1. The van der Waals surface area contributed by atoms with Crippen LogP contribution >= 0.6 is 15.9 Å². The molecule has 0 saturated heterocycles. The highest BCUT2D eigenvalue weighted by atomic mass is 79.9. The fourth-order valence-corrected chi connectivity index (χ4v) is 2.08. The van der Waals surface area contributed by atoms with Crippen molar-refractivity contribution in [2.24, 2.45) is 0 Å².